The number of amides is 1. The van der Waals surface area contributed by atoms with Gasteiger partial charge in [0.2, 0.25) is 0 Å². The van der Waals surface area contributed by atoms with Crippen molar-refractivity contribution in [2.75, 3.05) is 0 Å². The van der Waals surface area contributed by atoms with Gasteiger partial charge in [0.1, 0.15) is 11.6 Å². The van der Waals surface area contributed by atoms with Crippen LogP contribution in [0.4, 0.5) is 4.79 Å². The number of para-hydroxylation sites is 1. The normalized spacial score (nSPS) is 12.5. The zero-order chi connectivity index (χ0) is 21.9. The predicted octanol–water partition coefficient (Wildman–Crippen LogP) is 4.86. The molecule has 0 bridgehead atoms. The van der Waals surface area contributed by atoms with Gasteiger partial charge in [-0.2, -0.15) is 0 Å². The quantitative estimate of drug-likeness (QED) is 0.587. The van der Waals surface area contributed by atoms with Gasteiger partial charge in [0, 0.05) is 35.1 Å². The molecule has 7 heteroatoms. The lowest BCUT2D eigenvalue weighted by atomic mass is 10.1. The van der Waals surface area contributed by atoms with E-state index in [1.165, 1.54) is 0 Å². The first-order valence-electron chi connectivity index (χ1n) is 9.66. The van der Waals surface area contributed by atoms with E-state index < -0.39 is 23.7 Å². The molecule has 1 aromatic heterocycles. The summed E-state index contributed by atoms with van der Waals surface area (Å²) >= 11 is 6.32. The van der Waals surface area contributed by atoms with Gasteiger partial charge < -0.3 is 19.7 Å². The first-order valence-corrected chi connectivity index (χ1v) is 10.0. The Balaban J connectivity index is 1.88. The molecule has 1 atom stereocenters. The van der Waals surface area contributed by atoms with E-state index in [4.69, 9.17) is 16.3 Å². The average molecular weight is 429 g/mol. The van der Waals surface area contributed by atoms with Gasteiger partial charge >= 0.3 is 12.1 Å². The molecule has 1 heterocycles. The Hall–Kier alpha value is -2.99. The number of fused-ring (bicyclic) bond motifs is 1. The molecule has 3 rings (SSSR count). The molecule has 6 nitrogen and oxygen atoms in total. The summed E-state index contributed by atoms with van der Waals surface area (Å²) in [5.41, 5.74) is 2.04. The van der Waals surface area contributed by atoms with Crippen LogP contribution in [0.3, 0.4) is 0 Å². The van der Waals surface area contributed by atoms with E-state index >= 15 is 0 Å². The van der Waals surface area contributed by atoms with Crippen molar-refractivity contribution in [1.29, 1.82) is 0 Å². The van der Waals surface area contributed by atoms with Gasteiger partial charge in [0.25, 0.3) is 0 Å². The van der Waals surface area contributed by atoms with Crippen LogP contribution in [0.5, 0.6) is 0 Å². The number of halogens is 1. The maximum absolute atomic E-state index is 12.1. The van der Waals surface area contributed by atoms with Crippen LogP contribution >= 0.6 is 11.6 Å². The van der Waals surface area contributed by atoms with E-state index in [0.717, 1.165) is 22.0 Å². The highest BCUT2D eigenvalue weighted by atomic mass is 35.5. The van der Waals surface area contributed by atoms with Crippen molar-refractivity contribution in [2.24, 2.45) is 0 Å². The Labute approximate surface area is 180 Å². The number of aliphatic carboxylic acids is 1. The first kappa shape index (κ1) is 21.7. The topological polar surface area (TPSA) is 80.6 Å². The second-order valence-corrected chi connectivity index (χ2v) is 8.54. The Morgan fingerprint density at radius 3 is 2.43 bits per heavy atom. The van der Waals surface area contributed by atoms with Crippen molar-refractivity contribution in [3.8, 4) is 0 Å². The van der Waals surface area contributed by atoms with Gasteiger partial charge in [-0.1, -0.05) is 48.0 Å². The number of aromatic nitrogens is 1. The van der Waals surface area contributed by atoms with Gasteiger partial charge in [-0.15, -0.1) is 0 Å². The van der Waals surface area contributed by atoms with Crippen LogP contribution in [0, 0.1) is 0 Å². The van der Waals surface area contributed by atoms with Crippen LogP contribution in [0.1, 0.15) is 31.9 Å². The zero-order valence-corrected chi connectivity index (χ0v) is 17.9. The second kappa shape index (κ2) is 8.79. The largest absolute Gasteiger partial charge is 0.480 e. The molecular formula is C23H25ClN2O4. The minimum atomic E-state index is -1.12. The van der Waals surface area contributed by atoms with E-state index in [0.29, 0.717) is 11.6 Å². The summed E-state index contributed by atoms with van der Waals surface area (Å²) in [6.45, 7) is 5.73. The molecule has 2 N–H and O–H groups in total. The maximum atomic E-state index is 12.1. The summed E-state index contributed by atoms with van der Waals surface area (Å²) in [7, 11) is 0. The fourth-order valence-corrected chi connectivity index (χ4v) is 3.49. The summed E-state index contributed by atoms with van der Waals surface area (Å²) in [4.78, 5) is 23.9. The molecule has 30 heavy (non-hydrogen) atoms. The lowest BCUT2D eigenvalue weighted by Gasteiger charge is -2.22. The molecule has 3 aromatic rings. The molecule has 0 aliphatic heterocycles. The summed E-state index contributed by atoms with van der Waals surface area (Å²) in [6.07, 6.45) is 1.29. The highest BCUT2D eigenvalue weighted by molar-refractivity contribution is 6.31. The molecular weight excluding hydrogens is 404 g/mol. The standard InChI is InChI=1S/C23H25ClN2O4/c1-23(2,3)30-22(29)25-19(21(27)28)12-16-14-26(20-11-7-5-9-17(16)20)13-15-8-4-6-10-18(15)24/h4-11,14,19H,12-13H2,1-3H3,(H,25,29)(H,27,28). The van der Waals surface area contributed by atoms with Crippen LogP contribution < -0.4 is 5.32 Å². The number of hydrogen-bond acceptors (Lipinski definition) is 3. The van der Waals surface area contributed by atoms with Crippen LogP contribution in [0.15, 0.2) is 54.7 Å². The van der Waals surface area contributed by atoms with Gasteiger partial charge in [-0.05, 0) is 44.0 Å². The molecule has 0 spiro atoms. The summed E-state index contributed by atoms with van der Waals surface area (Å²) in [5.74, 6) is -1.12. The van der Waals surface area contributed by atoms with Gasteiger partial charge in [0.15, 0.2) is 0 Å². The number of ether oxygens (including phenoxy) is 1. The molecule has 158 valence electrons. The number of carboxylic acid groups (broad SMARTS) is 1. The summed E-state index contributed by atoms with van der Waals surface area (Å²) < 4.78 is 7.25. The van der Waals surface area contributed by atoms with Crippen molar-refractivity contribution in [3.63, 3.8) is 0 Å². The highest BCUT2D eigenvalue weighted by Gasteiger charge is 2.25. The fraction of sp³-hybridized carbons (Fsp3) is 0.304. The smallest absolute Gasteiger partial charge is 0.408 e. The Kier molecular flexibility index (Phi) is 6.37. The van der Waals surface area contributed by atoms with Crippen molar-refractivity contribution < 1.29 is 19.4 Å². The number of alkyl carbamates (subject to hydrolysis) is 1. The van der Waals surface area contributed by atoms with E-state index in [-0.39, 0.29) is 6.42 Å². The minimum absolute atomic E-state index is 0.130. The number of nitrogens with zero attached hydrogens (tertiary/aromatic N) is 1. The van der Waals surface area contributed by atoms with Crippen molar-refractivity contribution in [1.82, 2.24) is 9.88 Å². The lowest BCUT2D eigenvalue weighted by Crippen LogP contribution is -2.44. The van der Waals surface area contributed by atoms with Crippen LogP contribution in [0.25, 0.3) is 10.9 Å². The zero-order valence-electron chi connectivity index (χ0n) is 17.2. The van der Waals surface area contributed by atoms with E-state index in [1.807, 2.05) is 59.3 Å². The number of rotatable bonds is 6. The van der Waals surface area contributed by atoms with E-state index in [2.05, 4.69) is 5.32 Å². The van der Waals surface area contributed by atoms with Gasteiger partial charge in [-0.3, -0.25) is 0 Å². The van der Waals surface area contributed by atoms with Crippen molar-refractivity contribution in [3.05, 3.63) is 70.9 Å². The summed E-state index contributed by atoms with van der Waals surface area (Å²) in [5, 5.41) is 13.7. The van der Waals surface area contributed by atoms with Crippen molar-refractivity contribution in [2.45, 2.75) is 45.4 Å². The summed E-state index contributed by atoms with van der Waals surface area (Å²) in [6, 6.07) is 14.3. The number of benzene rings is 2. The van der Waals surface area contributed by atoms with Crippen LogP contribution in [-0.4, -0.2) is 33.4 Å². The Morgan fingerprint density at radius 1 is 1.10 bits per heavy atom. The maximum Gasteiger partial charge on any atom is 0.408 e. The third-order valence-electron chi connectivity index (χ3n) is 4.58. The number of carbonyl (C=O) groups excluding carboxylic acids is 1. The number of nitrogens with one attached hydrogen (secondary N) is 1. The van der Waals surface area contributed by atoms with Crippen molar-refractivity contribution >= 4 is 34.6 Å². The molecule has 2 aromatic carbocycles. The van der Waals surface area contributed by atoms with Crippen LogP contribution in [-0.2, 0) is 22.5 Å². The SMILES string of the molecule is CC(C)(C)OC(=O)NC(Cc1cn(Cc2ccccc2Cl)c2ccccc12)C(=O)O. The van der Waals surface area contributed by atoms with E-state index in [9.17, 15) is 14.7 Å². The molecule has 0 saturated heterocycles. The molecule has 0 aliphatic rings. The fourth-order valence-electron chi connectivity index (χ4n) is 3.30. The number of carboxylic acids is 1. The molecule has 0 fully saturated rings. The predicted molar refractivity (Wildman–Crippen MR) is 117 cm³/mol. The van der Waals surface area contributed by atoms with Crippen LogP contribution in [0.2, 0.25) is 5.02 Å². The number of hydrogen-bond donors (Lipinski definition) is 2. The third-order valence-corrected chi connectivity index (χ3v) is 4.95. The highest BCUT2D eigenvalue weighted by Crippen LogP contribution is 2.25. The van der Waals surface area contributed by atoms with Gasteiger partial charge in [0.05, 0.1) is 0 Å². The molecule has 1 unspecified atom stereocenters. The molecule has 0 saturated carbocycles. The average Bonchev–Trinajstić information content (AvgIpc) is 2.99. The second-order valence-electron chi connectivity index (χ2n) is 8.13. The monoisotopic (exact) mass is 428 g/mol. The lowest BCUT2D eigenvalue weighted by molar-refractivity contribution is -0.139. The van der Waals surface area contributed by atoms with Gasteiger partial charge in [-0.25, -0.2) is 9.59 Å². The molecule has 1 amide bonds. The molecule has 0 aliphatic carbocycles. The minimum Gasteiger partial charge on any atom is -0.480 e. The Bertz CT molecular complexity index is 1070. The molecule has 0 radical (unpaired) electrons. The van der Waals surface area contributed by atoms with E-state index in [1.54, 1.807) is 20.8 Å². The Morgan fingerprint density at radius 2 is 1.77 bits per heavy atom. The third kappa shape index (κ3) is 5.33. The number of carbonyl (C=O) groups is 2. The first-order chi connectivity index (χ1) is 14.1.